The summed E-state index contributed by atoms with van der Waals surface area (Å²) >= 11 is 0. The van der Waals surface area contributed by atoms with Crippen molar-refractivity contribution < 1.29 is 0 Å². The first-order valence-electron chi connectivity index (χ1n) is 19.7. The van der Waals surface area contributed by atoms with E-state index in [0.717, 1.165) is 11.4 Å². The van der Waals surface area contributed by atoms with Crippen LogP contribution in [0.1, 0.15) is 0 Å². The number of benzene rings is 9. The van der Waals surface area contributed by atoms with Crippen LogP contribution >= 0.6 is 0 Å². The second-order valence-corrected chi connectivity index (χ2v) is 14.9. The molecule has 3 heteroatoms. The van der Waals surface area contributed by atoms with E-state index in [4.69, 9.17) is 0 Å². The van der Waals surface area contributed by atoms with E-state index in [9.17, 15) is 0 Å². The monoisotopic (exact) mass is 724 g/mol. The molecule has 2 aliphatic heterocycles. The minimum Gasteiger partial charge on any atom is -0.361 e. The molecule has 11 rings (SSSR count). The summed E-state index contributed by atoms with van der Waals surface area (Å²) in [4.78, 5) is 5.21. The average molecular weight is 725 g/mol. The number of rotatable bonds is 6. The molecule has 2 aliphatic rings. The first-order chi connectivity index (χ1) is 28.3. The summed E-state index contributed by atoms with van der Waals surface area (Å²) in [7, 11) is 0. The number of hydrogen-bond donors (Lipinski definition) is 0. The Kier molecular flexibility index (Phi) is 7.96. The van der Waals surface area contributed by atoms with Gasteiger partial charge in [0.25, 0.3) is 0 Å². The van der Waals surface area contributed by atoms with Crippen LogP contribution in [-0.2, 0) is 0 Å². The Labute approximate surface area is 334 Å². The number of nitrogens with zero attached hydrogens (tertiary/aromatic N) is 2. The predicted octanol–water partition coefficient (Wildman–Crippen LogP) is 13.7. The van der Waals surface area contributed by atoms with Crippen LogP contribution in [0.2, 0.25) is 0 Å². The molecule has 9 aromatic rings. The van der Waals surface area contributed by atoms with E-state index in [1.54, 1.807) is 0 Å². The van der Waals surface area contributed by atoms with Crippen molar-refractivity contribution in [1.82, 2.24) is 0 Å². The van der Waals surface area contributed by atoms with Gasteiger partial charge >= 0.3 is 6.98 Å². The van der Waals surface area contributed by atoms with Crippen molar-refractivity contribution in [2.75, 3.05) is 9.62 Å². The summed E-state index contributed by atoms with van der Waals surface area (Å²) in [6.45, 7) is -0.203. The maximum atomic E-state index is 2.60. The molecule has 0 spiro atoms. The third-order valence-corrected chi connectivity index (χ3v) is 11.6. The molecule has 0 atom stereocenters. The van der Waals surface area contributed by atoms with Gasteiger partial charge in [0.1, 0.15) is 0 Å². The lowest BCUT2D eigenvalue weighted by molar-refractivity contribution is 1.26. The van der Waals surface area contributed by atoms with Crippen molar-refractivity contribution in [3.05, 3.63) is 224 Å². The van der Waals surface area contributed by atoms with Gasteiger partial charge in [-0.25, -0.2) is 0 Å². The molecule has 0 aliphatic carbocycles. The number of fused-ring (bicyclic) bond motifs is 4. The molecule has 9 aromatic carbocycles. The molecule has 266 valence electrons. The lowest BCUT2D eigenvalue weighted by Gasteiger charge is -2.48. The summed E-state index contributed by atoms with van der Waals surface area (Å²) < 4.78 is 0. The van der Waals surface area contributed by atoms with Gasteiger partial charge in [0.15, 0.2) is 0 Å². The van der Waals surface area contributed by atoms with E-state index in [0.29, 0.717) is 0 Å². The highest BCUT2D eigenvalue weighted by Gasteiger charge is 2.48. The lowest BCUT2D eigenvalue weighted by Crippen LogP contribution is -2.62. The van der Waals surface area contributed by atoms with Crippen molar-refractivity contribution >= 4 is 35.2 Å². The molecule has 0 radical (unpaired) electrons. The van der Waals surface area contributed by atoms with Crippen LogP contribution in [-0.4, -0.2) is 6.98 Å². The van der Waals surface area contributed by atoms with Crippen molar-refractivity contribution in [1.29, 1.82) is 0 Å². The van der Waals surface area contributed by atoms with Gasteiger partial charge in [0, 0.05) is 33.9 Å². The zero-order valence-electron chi connectivity index (χ0n) is 31.3. The fraction of sp³-hybridized carbons (Fsp3) is 0. The van der Waals surface area contributed by atoms with E-state index >= 15 is 0 Å². The molecule has 0 aromatic heterocycles. The third-order valence-electron chi connectivity index (χ3n) is 11.6. The lowest BCUT2D eigenvalue weighted by atomic mass is 9.52. The molecule has 0 amide bonds. The topological polar surface area (TPSA) is 6.48 Å². The zero-order valence-corrected chi connectivity index (χ0v) is 31.3. The number of anilines is 4. The average Bonchev–Trinajstić information content (AvgIpc) is 3.30. The summed E-state index contributed by atoms with van der Waals surface area (Å²) in [5, 5.41) is 0. The third kappa shape index (κ3) is 5.51. The van der Waals surface area contributed by atoms with E-state index in [1.807, 2.05) is 0 Å². The van der Waals surface area contributed by atoms with Gasteiger partial charge < -0.3 is 9.62 Å². The van der Waals surface area contributed by atoms with Gasteiger partial charge in [-0.3, -0.25) is 0 Å². The Balaban J connectivity index is 1.31. The van der Waals surface area contributed by atoms with E-state index in [1.165, 1.54) is 83.6 Å². The molecule has 0 unspecified atom stereocenters. The zero-order chi connectivity index (χ0) is 37.7. The number of para-hydroxylation sites is 2. The van der Waals surface area contributed by atoms with Crippen molar-refractivity contribution in [2.24, 2.45) is 0 Å². The van der Waals surface area contributed by atoms with Gasteiger partial charge in [-0.1, -0.05) is 176 Å². The number of hydrogen-bond acceptors (Lipinski definition) is 2. The van der Waals surface area contributed by atoms with Crippen LogP contribution in [0, 0.1) is 0 Å². The molecule has 0 fully saturated rings. The standard InChI is InChI=1S/C54H37BN2/c1-7-20-38(21-8-1)42-34-48(40-24-11-3-12-25-40)52-46-32-19-33-47-53-49(41-26-13-4-14-27-41)35-43(39-22-9-2-10-23-39)37-51(53)57(45-30-17-6-18-31-45)55(54(46)47)56(50(52)36-42)44-28-15-5-16-29-44/h1-37H. The quantitative estimate of drug-likeness (QED) is 0.158. The second kappa shape index (κ2) is 13.7. The molecule has 2 nitrogen and oxygen atoms in total. The maximum Gasteiger partial charge on any atom is 0.421 e. The van der Waals surface area contributed by atoms with Crippen LogP contribution < -0.4 is 15.1 Å². The summed E-state index contributed by atoms with van der Waals surface area (Å²) in [6.07, 6.45) is 0. The van der Waals surface area contributed by atoms with Gasteiger partial charge in [0.05, 0.1) is 0 Å². The SMILES string of the molecule is c1ccc(-c2cc(-c3ccccc3)c3c(c2)N(c2ccccc2)B2c4c-3cccc4-c3c(-c4ccccc4)cc(-c4ccccc4)cc3N2c2ccccc2)cc1. The minimum atomic E-state index is -0.203. The van der Waals surface area contributed by atoms with Crippen molar-refractivity contribution in [3.63, 3.8) is 0 Å². The Bertz CT molecular complexity index is 2680. The van der Waals surface area contributed by atoms with Crippen LogP contribution in [0.5, 0.6) is 0 Å². The molecular weight excluding hydrogens is 687 g/mol. The normalized spacial score (nSPS) is 12.5. The maximum absolute atomic E-state index is 2.60. The van der Waals surface area contributed by atoms with Crippen molar-refractivity contribution in [3.8, 4) is 66.8 Å². The smallest absolute Gasteiger partial charge is 0.361 e. The highest BCUT2D eigenvalue weighted by molar-refractivity contribution is 6.86. The first-order valence-corrected chi connectivity index (χ1v) is 19.7. The van der Waals surface area contributed by atoms with Crippen LogP contribution in [0.3, 0.4) is 0 Å². The molecule has 0 saturated heterocycles. The molecule has 2 heterocycles. The second-order valence-electron chi connectivity index (χ2n) is 14.9. The van der Waals surface area contributed by atoms with E-state index in [2.05, 4.69) is 234 Å². The van der Waals surface area contributed by atoms with Gasteiger partial charge in [-0.2, -0.15) is 0 Å². The predicted molar refractivity (Wildman–Crippen MR) is 242 cm³/mol. The Hall–Kier alpha value is -7.36. The van der Waals surface area contributed by atoms with Crippen LogP contribution in [0.25, 0.3) is 66.8 Å². The van der Waals surface area contributed by atoms with Crippen LogP contribution in [0.15, 0.2) is 224 Å². The summed E-state index contributed by atoms with van der Waals surface area (Å²) in [5.41, 5.74) is 20.6. The first kappa shape index (κ1) is 33.0. The molecule has 0 saturated carbocycles. The van der Waals surface area contributed by atoms with Gasteiger partial charge in [-0.15, -0.1) is 0 Å². The molecule has 0 bridgehead atoms. The Morgan fingerprint density at radius 2 is 0.596 bits per heavy atom. The summed E-state index contributed by atoms with van der Waals surface area (Å²) in [5.74, 6) is 0. The van der Waals surface area contributed by atoms with E-state index < -0.39 is 0 Å². The van der Waals surface area contributed by atoms with E-state index in [-0.39, 0.29) is 6.98 Å². The largest absolute Gasteiger partial charge is 0.421 e. The van der Waals surface area contributed by atoms with Gasteiger partial charge in [-0.05, 0) is 110 Å². The fourth-order valence-corrected chi connectivity index (χ4v) is 9.14. The molecule has 57 heavy (non-hydrogen) atoms. The molecular formula is C54H37BN2. The van der Waals surface area contributed by atoms with Crippen LogP contribution in [0.4, 0.5) is 22.7 Å². The molecule has 0 N–H and O–H groups in total. The van der Waals surface area contributed by atoms with Gasteiger partial charge in [0.2, 0.25) is 0 Å². The summed E-state index contributed by atoms with van der Waals surface area (Å²) in [6, 6.07) is 82.1. The highest BCUT2D eigenvalue weighted by atomic mass is 15.2. The Morgan fingerprint density at radius 1 is 0.263 bits per heavy atom. The minimum absolute atomic E-state index is 0.203. The van der Waals surface area contributed by atoms with Crippen molar-refractivity contribution in [2.45, 2.75) is 0 Å². The fourth-order valence-electron chi connectivity index (χ4n) is 9.14. The highest BCUT2D eigenvalue weighted by Crippen LogP contribution is 2.54. The Morgan fingerprint density at radius 3 is 0.965 bits per heavy atom.